The van der Waals surface area contributed by atoms with Gasteiger partial charge in [0.25, 0.3) is 0 Å². The number of aromatic carboxylic acids is 1. The number of hydrogen-bond donors (Lipinski definition) is 4. The van der Waals surface area contributed by atoms with E-state index in [0.717, 1.165) is 29.3 Å². The van der Waals surface area contributed by atoms with E-state index in [1.807, 2.05) is 42.5 Å². The van der Waals surface area contributed by atoms with Crippen LogP contribution >= 0.6 is 0 Å². The van der Waals surface area contributed by atoms with Crippen molar-refractivity contribution in [3.63, 3.8) is 0 Å². The SMILES string of the molecule is CC(NC(=O)Nc1ccc(S(=O)(=O)Cc2ccc3c(c2)CNC3)cc1C(=O)O)c1ccccc1. The second kappa shape index (κ2) is 9.66. The van der Waals surface area contributed by atoms with E-state index < -0.39 is 21.8 Å². The minimum Gasteiger partial charge on any atom is -0.478 e. The number of carbonyl (C=O) groups excluding carboxylic acids is 1. The summed E-state index contributed by atoms with van der Waals surface area (Å²) < 4.78 is 26.0. The van der Waals surface area contributed by atoms with Crippen LogP contribution in [0.1, 0.15) is 45.6 Å². The van der Waals surface area contributed by atoms with E-state index in [9.17, 15) is 23.1 Å². The van der Waals surface area contributed by atoms with Crippen LogP contribution in [-0.4, -0.2) is 25.5 Å². The van der Waals surface area contributed by atoms with Gasteiger partial charge in [-0.25, -0.2) is 18.0 Å². The zero-order valence-corrected chi connectivity index (χ0v) is 19.4. The highest BCUT2D eigenvalue weighted by atomic mass is 32.2. The summed E-state index contributed by atoms with van der Waals surface area (Å²) in [5.74, 6) is -1.59. The average molecular weight is 480 g/mol. The summed E-state index contributed by atoms with van der Waals surface area (Å²) in [5.41, 5.74) is 3.43. The predicted octanol–water partition coefficient (Wildman–Crippen LogP) is 3.84. The van der Waals surface area contributed by atoms with Crippen molar-refractivity contribution in [3.8, 4) is 0 Å². The minimum absolute atomic E-state index is 0.00724. The van der Waals surface area contributed by atoms with Gasteiger partial charge in [-0.15, -0.1) is 0 Å². The molecule has 0 saturated heterocycles. The van der Waals surface area contributed by atoms with Crippen LogP contribution in [-0.2, 0) is 28.7 Å². The molecule has 0 aliphatic carbocycles. The Morgan fingerprint density at radius 3 is 2.47 bits per heavy atom. The second-order valence-corrected chi connectivity index (χ2v) is 10.2. The molecule has 1 unspecified atom stereocenters. The van der Waals surface area contributed by atoms with E-state index in [1.165, 1.54) is 12.1 Å². The van der Waals surface area contributed by atoms with E-state index >= 15 is 0 Å². The number of rotatable bonds is 7. The zero-order valence-electron chi connectivity index (χ0n) is 18.5. The molecule has 4 rings (SSSR count). The van der Waals surface area contributed by atoms with Crippen molar-refractivity contribution in [2.75, 3.05) is 5.32 Å². The number of carboxylic acid groups (broad SMARTS) is 1. The highest BCUT2D eigenvalue weighted by Crippen LogP contribution is 2.25. The van der Waals surface area contributed by atoms with Crippen molar-refractivity contribution < 1.29 is 23.1 Å². The summed E-state index contributed by atoms with van der Waals surface area (Å²) in [7, 11) is -3.80. The first kappa shape index (κ1) is 23.5. The molecule has 0 bridgehead atoms. The number of amides is 2. The molecule has 0 spiro atoms. The lowest BCUT2D eigenvalue weighted by Crippen LogP contribution is -2.31. The predicted molar refractivity (Wildman–Crippen MR) is 128 cm³/mol. The summed E-state index contributed by atoms with van der Waals surface area (Å²) in [4.78, 5) is 24.2. The largest absolute Gasteiger partial charge is 0.478 e. The van der Waals surface area contributed by atoms with Gasteiger partial charge in [0.2, 0.25) is 0 Å². The molecule has 3 aromatic rings. The summed E-state index contributed by atoms with van der Waals surface area (Å²) >= 11 is 0. The van der Waals surface area contributed by atoms with Crippen LogP contribution in [0.5, 0.6) is 0 Å². The molecule has 3 aromatic carbocycles. The maximum atomic E-state index is 13.0. The van der Waals surface area contributed by atoms with Gasteiger partial charge in [-0.2, -0.15) is 0 Å². The van der Waals surface area contributed by atoms with Gasteiger partial charge in [-0.3, -0.25) is 0 Å². The lowest BCUT2D eigenvalue weighted by molar-refractivity contribution is 0.0697. The van der Waals surface area contributed by atoms with Crippen molar-refractivity contribution >= 4 is 27.5 Å². The lowest BCUT2D eigenvalue weighted by Gasteiger charge is -2.16. The third kappa shape index (κ3) is 5.27. The maximum absolute atomic E-state index is 13.0. The third-order valence-electron chi connectivity index (χ3n) is 5.73. The first-order valence-corrected chi connectivity index (χ1v) is 12.4. The fourth-order valence-corrected chi connectivity index (χ4v) is 5.28. The van der Waals surface area contributed by atoms with Gasteiger partial charge < -0.3 is 21.1 Å². The number of carbonyl (C=O) groups is 2. The third-order valence-corrected chi connectivity index (χ3v) is 7.42. The maximum Gasteiger partial charge on any atom is 0.337 e. The van der Waals surface area contributed by atoms with Gasteiger partial charge in [0, 0.05) is 13.1 Å². The first-order chi connectivity index (χ1) is 16.2. The molecule has 0 radical (unpaired) electrons. The standard InChI is InChI=1S/C25H25N3O5S/c1-16(18-5-3-2-4-6-18)27-25(31)28-23-10-9-21(12-22(23)24(29)30)34(32,33)15-17-7-8-19-13-26-14-20(19)11-17/h2-12,16,26H,13-15H2,1H3,(H,29,30)(H2,27,28,31). The van der Waals surface area contributed by atoms with E-state index in [4.69, 9.17) is 0 Å². The molecule has 34 heavy (non-hydrogen) atoms. The van der Waals surface area contributed by atoms with E-state index in [2.05, 4.69) is 16.0 Å². The molecule has 4 N–H and O–H groups in total. The van der Waals surface area contributed by atoms with Crippen LogP contribution in [0.2, 0.25) is 0 Å². The molecule has 0 aromatic heterocycles. The van der Waals surface area contributed by atoms with Gasteiger partial charge in [-0.1, -0.05) is 48.5 Å². The molecule has 1 aliphatic rings. The summed E-state index contributed by atoms with van der Waals surface area (Å²) in [5, 5.41) is 18.1. The fourth-order valence-electron chi connectivity index (χ4n) is 3.92. The topological polar surface area (TPSA) is 125 Å². The van der Waals surface area contributed by atoms with E-state index in [0.29, 0.717) is 12.1 Å². The second-order valence-electron chi connectivity index (χ2n) is 8.21. The Hall–Kier alpha value is -3.69. The van der Waals surface area contributed by atoms with Crippen LogP contribution < -0.4 is 16.0 Å². The molecule has 8 nitrogen and oxygen atoms in total. The lowest BCUT2D eigenvalue weighted by atomic mass is 10.1. The van der Waals surface area contributed by atoms with E-state index in [1.54, 1.807) is 13.0 Å². The molecule has 2 amide bonds. The fraction of sp³-hybridized carbons (Fsp3) is 0.200. The molecule has 1 heterocycles. The Morgan fingerprint density at radius 1 is 1.00 bits per heavy atom. The number of urea groups is 1. The van der Waals surface area contributed by atoms with Gasteiger partial charge in [0.15, 0.2) is 9.84 Å². The quantitative estimate of drug-likeness (QED) is 0.408. The van der Waals surface area contributed by atoms with Crippen molar-refractivity contribution in [3.05, 3.63) is 94.5 Å². The highest BCUT2D eigenvalue weighted by Gasteiger charge is 2.22. The Balaban J connectivity index is 1.51. The molecular weight excluding hydrogens is 454 g/mol. The first-order valence-electron chi connectivity index (χ1n) is 10.8. The molecule has 1 atom stereocenters. The van der Waals surface area contributed by atoms with Gasteiger partial charge in [-0.05, 0) is 47.4 Å². The zero-order chi connectivity index (χ0) is 24.3. The Bertz CT molecular complexity index is 1340. The van der Waals surface area contributed by atoms with Crippen molar-refractivity contribution in [2.24, 2.45) is 0 Å². The van der Waals surface area contributed by atoms with Crippen LogP contribution in [0, 0.1) is 0 Å². The van der Waals surface area contributed by atoms with Gasteiger partial charge in [0.05, 0.1) is 27.9 Å². The average Bonchev–Trinajstić information content (AvgIpc) is 3.27. The summed E-state index contributed by atoms with van der Waals surface area (Å²) in [6, 6.07) is 17.6. The monoisotopic (exact) mass is 479 g/mol. The number of nitrogens with one attached hydrogen (secondary N) is 3. The van der Waals surface area contributed by atoms with Crippen molar-refractivity contribution in [1.82, 2.24) is 10.6 Å². The molecule has 0 saturated carbocycles. The molecule has 0 fully saturated rings. The molecular formula is C25H25N3O5S. The van der Waals surface area contributed by atoms with E-state index in [-0.39, 0.29) is 27.9 Å². The number of fused-ring (bicyclic) bond motifs is 1. The van der Waals surface area contributed by atoms with Crippen LogP contribution in [0.25, 0.3) is 0 Å². The highest BCUT2D eigenvalue weighted by molar-refractivity contribution is 7.90. The van der Waals surface area contributed by atoms with Gasteiger partial charge in [0.1, 0.15) is 0 Å². The number of benzene rings is 3. The Labute approximate surface area is 197 Å². The molecule has 9 heteroatoms. The summed E-state index contributed by atoms with van der Waals surface area (Å²) in [6.07, 6.45) is 0. The van der Waals surface area contributed by atoms with Crippen LogP contribution in [0.3, 0.4) is 0 Å². The smallest absolute Gasteiger partial charge is 0.337 e. The number of hydrogen-bond acceptors (Lipinski definition) is 5. The molecule has 1 aliphatic heterocycles. The number of sulfone groups is 1. The normalized spacial score (nSPS) is 13.7. The molecule has 176 valence electrons. The van der Waals surface area contributed by atoms with Crippen LogP contribution in [0.15, 0.2) is 71.6 Å². The Kier molecular flexibility index (Phi) is 6.67. The van der Waals surface area contributed by atoms with Crippen LogP contribution in [0.4, 0.5) is 10.5 Å². The minimum atomic E-state index is -3.80. The van der Waals surface area contributed by atoms with Crippen molar-refractivity contribution in [2.45, 2.75) is 36.7 Å². The Morgan fingerprint density at radius 2 is 1.74 bits per heavy atom. The summed E-state index contributed by atoms with van der Waals surface area (Å²) in [6.45, 7) is 3.26. The number of anilines is 1. The number of carboxylic acids is 1. The van der Waals surface area contributed by atoms with Crippen molar-refractivity contribution in [1.29, 1.82) is 0 Å². The van der Waals surface area contributed by atoms with Gasteiger partial charge >= 0.3 is 12.0 Å².